The predicted molar refractivity (Wildman–Crippen MR) is 104 cm³/mol. The Kier molecular flexibility index (Phi) is 5.12. The van der Waals surface area contributed by atoms with Crippen molar-refractivity contribution in [2.45, 2.75) is 6.10 Å². The molecule has 5 heteroatoms. The number of ether oxygens (including phenoxy) is 3. The average Bonchev–Trinajstić information content (AvgIpc) is 2.73. The van der Waals surface area contributed by atoms with Crippen LogP contribution >= 0.6 is 0 Å². The first-order chi connectivity index (χ1) is 13.3. The highest BCUT2D eigenvalue weighted by Crippen LogP contribution is 2.33. The Bertz CT molecular complexity index is 885. The smallest absolute Gasteiger partial charge is 0.257 e. The minimum atomic E-state index is -0.145. The van der Waals surface area contributed by atoms with Crippen molar-refractivity contribution in [2.75, 3.05) is 20.3 Å². The molecule has 1 aliphatic rings. The van der Waals surface area contributed by atoms with Gasteiger partial charge in [0.05, 0.1) is 24.2 Å². The number of pyridine rings is 1. The molecule has 0 saturated heterocycles. The molecule has 0 radical (unpaired) electrons. The Labute approximate surface area is 158 Å². The van der Waals surface area contributed by atoms with Gasteiger partial charge in [-0.1, -0.05) is 60.7 Å². The lowest BCUT2D eigenvalue weighted by atomic mass is 10.0. The van der Waals surface area contributed by atoms with Gasteiger partial charge in [-0.25, -0.2) is 9.98 Å². The van der Waals surface area contributed by atoms with Crippen LogP contribution in [0, 0.1) is 0 Å². The third kappa shape index (κ3) is 3.99. The van der Waals surface area contributed by atoms with Crippen molar-refractivity contribution in [1.29, 1.82) is 0 Å². The summed E-state index contributed by atoms with van der Waals surface area (Å²) in [6.07, 6.45) is 1.55. The van der Waals surface area contributed by atoms with Crippen molar-refractivity contribution < 1.29 is 14.2 Å². The van der Waals surface area contributed by atoms with Crippen molar-refractivity contribution in [3.63, 3.8) is 0 Å². The lowest BCUT2D eigenvalue weighted by Gasteiger charge is -2.25. The first-order valence-corrected chi connectivity index (χ1v) is 8.81. The molecular formula is C22H20N2O3. The molecule has 3 aromatic rings. The zero-order valence-corrected chi connectivity index (χ0v) is 15.0. The maximum absolute atomic E-state index is 5.79. The first kappa shape index (κ1) is 17.2. The molecule has 0 bridgehead atoms. The van der Waals surface area contributed by atoms with Crippen LogP contribution < -0.4 is 9.47 Å². The molecule has 1 unspecified atom stereocenters. The van der Waals surface area contributed by atoms with Crippen LogP contribution in [-0.2, 0) is 4.74 Å². The molecule has 5 nitrogen and oxygen atoms in total. The summed E-state index contributed by atoms with van der Waals surface area (Å²) in [5.41, 5.74) is 3.68. The number of hydrogen-bond donors (Lipinski definition) is 0. The lowest BCUT2D eigenvalue weighted by Crippen LogP contribution is -2.33. The molecule has 1 aliphatic heterocycles. The van der Waals surface area contributed by atoms with Crippen LogP contribution in [0.4, 0.5) is 5.69 Å². The maximum Gasteiger partial charge on any atom is 0.257 e. The van der Waals surface area contributed by atoms with Gasteiger partial charge in [-0.05, 0) is 0 Å². The van der Waals surface area contributed by atoms with E-state index in [0.29, 0.717) is 30.5 Å². The van der Waals surface area contributed by atoms with Gasteiger partial charge < -0.3 is 14.2 Å². The Hall–Kier alpha value is -3.18. The average molecular weight is 360 g/mol. The Morgan fingerprint density at radius 3 is 2.37 bits per heavy atom. The van der Waals surface area contributed by atoms with Gasteiger partial charge in [0.15, 0.2) is 11.9 Å². The van der Waals surface area contributed by atoms with Crippen LogP contribution in [-0.4, -0.2) is 37.1 Å². The van der Waals surface area contributed by atoms with Crippen LogP contribution in [0.1, 0.15) is 11.1 Å². The number of fused-ring (bicyclic) bond motifs is 1. The highest BCUT2D eigenvalue weighted by Gasteiger charge is 2.22. The van der Waals surface area contributed by atoms with Crippen molar-refractivity contribution in [1.82, 2.24) is 4.98 Å². The third-order valence-corrected chi connectivity index (χ3v) is 4.19. The molecule has 0 spiro atoms. The summed E-state index contributed by atoms with van der Waals surface area (Å²) in [5.74, 6) is 1.08. The highest BCUT2D eigenvalue weighted by atomic mass is 16.6. The second-order valence-electron chi connectivity index (χ2n) is 6.20. The molecule has 136 valence electrons. The largest absolute Gasteiger partial charge is 0.484 e. The topological polar surface area (TPSA) is 52.9 Å². The Morgan fingerprint density at radius 1 is 1.07 bits per heavy atom. The van der Waals surface area contributed by atoms with E-state index < -0.39 is 0 Å². The van der Waals surface area contributed by atoms with Crippen molar-refractivity contribution in [2.24, 2.45) is 4.99 Å². The van der Waals surface area contributed by atoms with Crippen LogP contribution in [0.15, 0.2) is 77.9 Å². The minimum absolute atomic E-state index is 0.145. The first-order valence-electron chi connectivity index (χ1n) is 8.81. The SMILES string of the molecule is COCC1COc2cc(N=C(c3ccccc3)c3ccccc3)cnc2O1. The van der Waals surface area contributed by atoms with Gasteiger partial charge in [0.2, 0.25) is 0 Å². The number of aliphatic imine (C=N–C) groups is 1. The monoisotopic (exact) mass is 360 g/mol. The van der Waals surface area contributed by atoms with Gasteiger partial charge in [-0.2, -0.15) is 0 Å². The number of hydrogen-bond acceptors (Lipinski definition) is 5. The van der Waals surface area contributed by atoms with Crippen LogP contribution in [0.25, 0.3) is 0 Å². The Balaban J connectivity index is 1.69. The molecule has 2 heterocycles. The number of aromatic nitrogens is 1. The molecule has 2 aromatic carbocycles. The normalized spacial score (nSPS) is 15.2. The maximum atomic E-state index is 5.79. The van der Waals surface area contributed by atoms with Crippen molar-refractivity contribution in [3.8, 4) is 11.6 Å². The zero-order valence-electron chi connectivity index (χ0n) is 15.0. The highest BCUT2D eigenvalue weighted by molar-refractivity contribution is 6.13. The summed E-state index contributed by atoms with van der Waals surface area (Å²) >= 11 is 0. The standard InChI is InChI=1S/C22H20N2O3/c1-25-14-19-15-26-20-12-18(13-23-22(20)27-19)24-21(16-8-4-2-5-9-16)17-10-6-3-7-11-17/h2-13,19H,14-15H2,1H3. The Morgan fingerprint density at radius 2 is 1.74 bits per heavy atom. The summed E-state index contributed by atoms with van der Waals surface area (Å²) in [6, 6.07) is 22.1. The summed E-state index contributed by atoms with van der Waals surface area (Å²) < 4.78 is 16.7. The van der Waals surface area contributed by atoms with Gasteiger partial charge in [-0.15, -0.1) is 0 Å². The fourth-order valence-corrected chi connectivity index (χ4v) is 2.93. The molecule has 0 amide bonds. The van der Waals surface area contributed by atoms with Gasteiger partial charge in [-0.3, -0.25) is 0 Å². The summed E-state index contributed by atoms with van der Waals surface area (Å²) in [5, 5.41) is 0. The van der Waals surface area contributed by atoms with Crippen molar-refractivity contribution in [3.05, 3.63) is 84.1 Å². The van der Waals surface area contributed by atoms with E-state index in [4.69, 9.17) is 19.2 Å². The molecular weight excluding hydrogens is 340 g/mol. The molecule has 4 rings (SSSR count). The second kappa shape index (κ2) is 8.01. The summed E-state index contributed by atoms with van der Waals surface area (Å²) in [6.45, 7) is 0.896. The number of benzene rings is 2. The quantitative estimate of drug-likeness (QED) is 0.645. The molecule has 1 atom stereocenters. The number of methoxy groups -OCH3 is 1. The molecule has 0 N–H and O–H groups in total. The summed E-state index contributed by atoms with van der Waals surface area (Å²) in [7, 11) is 1.64. The van der Waals surface area contributed by atoms with E-state index in [9.17, 15) is 0 Å². The van der Waals surface area contributed by atoms with E-state index >= 15 is 0 Å². The molecule has 0 fully saturated rings. The number of nitrogens with zero attached hydrogens (tertiary/aromatic N) is 2. The van der Waals surface area contributed by atoms with E-state index in [1.165, 1.54) is 0 Å². The van der Waals surface area contributed by atoms with Crippen molar-refractivity contribution >= 4 is 11.4 Å². The van der Waals surface area contributed by atoms with Crippen LogP contribution in [0.3, 0.4) is 0 Å². The molecule has 0 saturated carbocycles. The molecule has 27 heavy (non-hydrogen) atoms. The minimum Gasteiger partial charge on any atom is -0.484 e. The predicted octanol–water partition coefficient (Wildman–Crippen LogP) is 4.04. The van der Waals surface area contributed by atoms with Gasteiger partial charge >= 0.3 is 0 Å². The fourth-order valence-electron chi connectivity index (χ4n) is 2.93. The number of rotatable bonds is 5. The van der Waals surface area contributed by atoms with E-state index in [-0.39, 0.29) is 6.10 Å². The lowest BCUT2D eigenvalue weighted by molar-refractivity contribution is 0.0235. The van der Waals surface area contributed by atoms with Crippen LogP contribution in [0.2, 0.25) is 0 Å². The van der Waals surface area contributed by atoms with E-state index in [2.05, 4.69) is 4.98 Å². The van der Waals surface area contributed by atoms with E-state index in [1.807, 2.05) is 66.7 Å². The second-order valence-corrected chi connectivity index (χ2v) is 6.20. The summed E-state index contributed by atoms with van der Waals surface area (Å²) in [4.78, 5) is 9.24. The molecule has 1 aromatic heterocycles. The molecule has 0 aliphatic carbocycles. The third-order valence-electron chi connectivity index (χ3n) is 4.19. The van der Waals surface area contributed by atoms with Gasteiger partial charge in [0.1, 0.15) is 6.61 Å². The van der Waals surface area contributed by atoms with Gasteiger partial charge in [0, 0.05) is 24.3 Å². The van der Waals surface area contributed by atoms with Gasteiger partial charge in [0.25, 0.3) is 5.88 Å². The van der Waals surface area contributed by atoms with E-state index in [1.54, 1.807) is 13.3 Å². The fraction of sp³-hybridized carbons (Fsp3) is 0.182. The van der Waals surface area contributed by atoms with E-state index in [0.717, 1.165) is 16.8 Å². The zero-order chi connectivity index (χ0) is 18.5. The van der Waals surface area contributed by atoms with Crippen LogP contribution in [0.5, 0.6) is 11.6 Å².